The van der Waals surface area contributed by atoms with Crippen LogP contribution in [0.5, 0.6) is 0 Å². The zero-order chi connectivity index (χ0) is 62.7. The summed E-state index contributed by atoms with van der Waals surface area (Å²) in [6.45, 7) is 4.27. The predicted octanol–water partition coefficient (Wildman–Crippen LogP) is 0.778. The van der Waals surface area contributed by atoms with Crippen LogP contribution < -0.4 is 16.4 Å². The second-order valence-corrected chi connectivity index (χ2v) is 72.9. The first kappa shape index (κ1) is 81.6. The Hall–Kier alpha value is 2.14. The number of piperidine rings is 2. The van der Waals surface area contributed by atoms with Crippen LogP contribution in [0, 0.1) is 11.8 Å². The highest BCUT2D eigenvalue weighted by molar-refractivity contribution is 8.80. The Balaban J connectivity index is 0.000000283. The van der Waals surface area contributed by atoms with E-state index in [2.05, 4.69) is 22.5 Å². The molecule has 4 aliphatic rings. The van der Waals surface area contributed by atoms with Crippen molar-refractivity contribution in [3.8, 4) is 11.8 Å². The Labute approximate surface area is 604 Å². The summed E-state index contributed by atoms with van der Waals surface area (Å²) >= 11 is 9.59. The van der Waals surface area contributed by atoms with Crippen LogP contribution in [-0.4, -0.2) is 102 Å². The lowest BCUT2D eigenvalue weighted by Gasteiger charge is -2.27. The van der Waals surface area contributed by atoms with E-state index in [0.717, 1.165) is 21.8 Å². The highest BCUT2D eigenvalue weighted by Crippen LogP contribution is 2.31. The molecule has 4 heterocycles. The van der Waals surface area contributed by atoms with E-state index in [9.17, 15) is 38.4 Å². The second-order valence-electron chi connectivity index (χ2n) is 14.6. The van der Waals surface area contributed by atoms with Crippen molar-refractivity contribution in [3.63, 3.8) is 0 Å². The molecule has 0 aliphatic carbocycles. The Morgan fingerprint density at radius 1 is 0.494 bits per heavy atom. The molecule has 15 nitrogen and oxygen atoms in total. The van der Waals surface area contributed by atoms with Crippen LogP contribution >= 0.6 is 0 Å². The third-order valence-corrected chi connectivity index (χ3v) is 80.8. The van der Waals surface area contributed by atoms with E-state index in [-0.39, 0.29) is 49.3 Å². The fourth-order valence-corrected chi connectivity index (χ4v) is 91.8. The number of imide groups is 4. The van der Waals surface area contributed by atoms with Crippen molar-refractivity contribution in [2.75, 3.05) is 33.0 Å². The van der Waals surface area contributed by atoms with E-state index in [4.69, 9.17) is 37.6 Å². The standard InChI is InChI=1S/C19H18N2O5.C18H21N3O5.S35/c1-2-10-26-11-4-6-12-5-3-7-13-16(12)19(25)21(18(13)24)14-8-9-15(22)20-17(14)23;19-8-10-26-9-2-4-11-3-1-5-12-15(11)18(25)21(17(12)24)13-6-7-14(22)20-16(13)23;1-3-5-7-9-11-13-15-17-19-21-23-25-27-29-31-33-35-34-32-30-28-26-24-22-20-18-16-14-12-10-8-6-4-2/h3,5,7,14H,2,8-11H2,1H3,(H,20,22,23);1,3,5,13H,2,4,6-10,19H2,(H,20,22,23);. The average Bonchev–Trinajstić information content (AvgIpc) is 1.74. The molecule has 2 aromatic rings. The van der Waals surface area contributed by atoms with Crippen LogP contribution in [0.2, 0.25) is 0 Å². The quantitative estimate of drug-likeness (QED) is 0.162. The summed E-state index contributed by atoms with van der Waals surface area (Å²) in [7, 11) is 58.2. The van der Waals surface area contributed by atoms with Gasteiger partial charge in [-0.15, -0.1) is 0 Å². The molecule has 0 saturated carbocycles. The molecule has 2 fully saturated rings. The van der Waals surface area contributed by atoms with Gasteiger partial charge in [-0.25, -0.2) is 0 Å². The number of hydrogen-bond donors (Lipinski definition) is 3. The molecule has 2 atom stereocenters. The number of nitrogens with zero attached hydrogens (tertiary/aromatic N) is 2. The summed E-state index contributed by atoms with van der Waals surface area (Å²) in [5.41, 5.74) is 7.63. The summed E-state index contributed by atoms with van der Waals surface area (Å²) in [5, 5.41) is 4.37. The monoisotopic (exact) mass is 1830 g/mol. The molecule has 482 valence electrons. The van der Waals surface area contributed by atoms with Gasteiger partial charge in [-0.2, -0.15) is 0 Å². The largest absolute Gasteiger partial charge is 0.380 e. The van der Waals surface area contributed by atoms with Crippen LogP contribution in [0.4, 0.5) is 0 Å². The topological polar surface area (TPSA) is 212 Å². The number of hydrogen-bond acceptors (Lipinski definition) is 13. The van der Waals surface area contributed by atoms with Crippen LogP contribution in [0.25, 0.3) is 0 Å². The third kappa shape index (κ3) is 32.4. The smallest absolute Gasteiger partial charge is 0.263 e. The lowest BCUT2D eigenvalue weighted by atomic mass is 9.99. The number of amides is 8. The Morgan fingerprint density at radius 3 is 1.25 bits per heavy atom. The molecule has 87 heavy (non-hydrogen) atoms. The lowest BCUT2D eigenvalue weighted by Crippen LogP contribution is -2.54. The van der Waals surface area contributed by atoms with Gasteiger partial charge in [0.2, 0.25) is 23.6 Å². The number of ether oxygens (including phenoxy) is 2. The van der Waals surface area contributed by atoms with Gasteiger partial charge in [0.05, 0.1) is 28.9 Å². The molecule has 0 radical (unpaired) electrons. The number of fused-ring (bicyclic) bond motifs is 2. The maximum Gasteiger partial charge on any atom is 0.263 e. The van der Waals surface area contributed by atoms with Crippen LogP contribution in [0.3, 0.4) is 0 Å². The van der Waals surface area contributed by atoms with Gasteiger partial charge < -0.3 is 15.2 Å². The molecule has 50 heteroatoms. The fraction of sp³-hybridized carbons (Fsp3) is 0.405. The SMILES string of the molecule is CCCOCC#Cc1cccc2c1C(=O)N(C1CCC(=O)NC1=O)C2=O.NCCOCCCc1cccc2c1C(=O)N(C1CCC(=O)NC1=O)C2=O.S=S=S=S=S=S=S=S=S=S=S=S=S=S=S=S=S=S=S=S=S=S=S=S=S=S=S=S=S=S=S=S=S=S=S. The van der Waals surface area contributed by atoms with Crippen molar-refractivity contribution in [1.82, 2.24) is 20.4 Å². The first-order chi connectivity index (χ1) is 42.5. The number of rotatable bonds is 11. The molecule has 0 bridgehead atoms. The molecule has 0 spiro atoms. The van der Waals surface area contributed by atoms with Gasteiger partial charge in [-0.05, 0) is 55.9 Å². The minimum Gasteiger partial charge on any atom is -0.380 e. The number of carbonyl (C=O) groups is 8. The van der Waals surface area contributed by atoms with Gasteiger partial charge in [0.15, 0.2) is 0 Å². The molecule has 2 unspecified atom stereocenters. The first-order valence-corrected chi connectivity index (χ1v) is 68.1. The zero-order valence-electron chi connectivity index (χ0n) is 42.9. The minimum absolute atomic E-state index is 0.0885. The summed E-state index contributed by atoms with van der Waals surface area (Å²) in [4.78, 5) is 99.8. The number of aryl methyl sites for hydroxylation is 1. The Kier molecular flexibility index (Phi) is 49.0. The molecule has 6 rings (SSSR count). The second kappa shape index (κ2) is 52.3. The van der Waals surface area contributed by atoms with Gasteiger partial charge >= 0.3 is 0 Å². The van der Waals surface area contributed by atoms with E-state index in [1.54, 1.807) is 143 Å². The summed E-state index contributed by atoms with van der Waals surface area (Å²) in [6.07, 6.45) is 2.63. The third-order valence-electron chi connectivity index (χ3n) is 9.65. The normalized spacial score (nSPS) is 14.7. The highest BCUT2D eigenvalue weighted by atomic mass is 33.5. The molecular formula is C37H39N5O10S35. The zero-order valence-corrected chi connectivity index (χ0v) is 71.5. The first-order valence-electron chi connectivity index (χ1n) is 22.8. The van der Waals surface area contributed by atoms with Crippen LogP contribution in [0.15, 0.2) is 36.4 Å². The van der Waals surface area contributed by atoms with Gasteiger partial charge in [-0.1, -0.05) is 37.0 Å². The van der Waals surface area contributed by atoms with Crippen molar-refractivity contribution in [2.24, 2.45) is 5.73 Å². The maximum absolute atomic E-state index is 12.9. The van der Waals surface area contributed by atoms with E-state index in [0.29, 0.717) is 55.9 Å². The molecule has 2 aromatic carbocycles. The van der Waals surface area contributed by atoms with E-state index in [1.807, 2.05) is 176 Å². The number of nitrogens with one attached hydrogen (secondary N) is 2. The summed E-state index contributed by atoms with van der Waals surface area (Å²) in [5.74, 6) is 1.62. The number of carbonyl (C=O) groups excluding carboxylic acids is 8. The van der Waals surface area contributed by atoms with E-state index >= 15 is 0 Å². The Morgan fingerprint density at radius 2 is 0.874 bits per heavy atom. The van der Waals surface area contributed by atoms with Crippen molar-refractivity contribution in [3.05, 3.63) is 69.8 Å². The van der Waals surface area contributed by atoms with Gasteiger partial charge in [0, 0.05) is 354 Å². The Bertz CT molecular complexity index is 4580. The van der Waals surface area contributed by atoms with Crippen molar-refractivity contribution in [1.29, 1.82) is 0 Å². The molecule has 8 amide bonds. The highest BCUT2D eigenvalue weighted by Gasteiger charge is 2.46. The molecule has 2 saturated heterocycles. The van der Waals surface area contributed by atoms with Crippen molar-refractivity contribution in [2.45, 2.75) is 64.0 Å². The lowest BCUT2D eigenvalue weighted by molar-refractivity contribution is -0.137. The number of nitrogens with two attached hydrogens (primary N) is 1. The molecule has 4 N–H and O–H groups in total. The maximum atomic E-state index is 12.9. The molecule has 4 aliphatic heterocycles. The van der Waals surface area contributed by atoms with Crippen molar-refractivity contribution < 1.29 is 47.8 Å². The minimum atomic E-state index is -0.978. The molecular weight excluding hydrogens is 1800 g/mol. The average molecular weight is 1840 g/mol. The van der Waals surface area contributed by atoms with Gasteiger partial charge in [0.1, 0.15) is 18.7 Å². The van der Waals surface area contributed by atoms with Crippen LogP contribution in [-0.2, 0) is 351 Å². The van der Waals surface area contributed by atoms with Gasteiger partial charge in [0.25, 0.3) is 23.6 Å². The number of benzene rings is 2. The summed E-state index contributed by atoms with van der Waals surface area (Å²) in [6, 6.07) is 8.06. The van der Waals surface area contributed by atoms with E-state index in [1.165, 1.54) is 17.8 Å². The van der Waals surface area contributed by atoms with E-state index < -0.39 is 53.4 Å². The molecule has 0 aromatic heterocycles. The van der Waals surface area contributed by atoms with Gasteiger partial charge in [-0.3, -0.25) is 58.8 Å². The van der Waals surface area contributed by atoms with Crippen LogP contribution in [0.1, 0.15) is 98.0 Å². The van der Waals surface area contributed by atoms with Crippen molar-refractivity contribution >= 4 is 363 Å². The fourth-order valence-electron chi connectivity index (χ4n) is 6.71. The summed E-state index contributed by atoms with van der Waals surface area (Å²) < 4.78 is 10.6. The predicted molar refractivity (Wildman–Crippen MR) is 440 cm³/mol.